The lowest BCUT2D eigenvalue weighted by Crippen LogP contribution is -2.38. The number of aromatic nitrogens is 3. The molecule has 15 heavy (non-hydrogen) atoms. The van der Waals surface area contributed by atoms with Gasteiger partial charge in [0.2, 0.25) is 5.91 Å². The maximum atomic E-state index is 11.6. The van der Waals surface area contributed by atoms with Crippen molar-refractivity contribution < 1.29 is 9.53 Å². The van der Waals surface area contributed by atoms with Crippen molar-refractivity contribution in [1.29, 1.82) is 0 Å². The number of hydrogen-bond donors (Lipinski definition) is 2. The zero-order valence-electron chi connectivity index (χ0n) is 8.40. The Labute approximate surface area is 87.4 Å². The number of aromatic amines is 1. The first-order valence-electron chi connectivity index (χ1n) is 5.10. The number of amides is 1. The van der Waals surface area contributed by atoms with Gasteiger partial charge in [-0.15, -0.1) is 0 Å². The summed E-state index contributed by atoms with van der Waals surface area (Å²) in [7, 11) is 0. The molecule has 0 radical (unpaired) electrons. The molecule has 1 aliphatic rings. The van der Waals surface area contributed by atoms with Crippen molar-refractivity contribution in [2.45, 2.75) is 31.9 Å². The minimum absolute atomic E-state index is 0.0638. The van der Waals surface area contributed by atoms with Crippen LogP contribution in [0.1, 0.15) is 25.1 Å². The van der Waals surface area contributed by atoms with Gasteiger partial charge in [-0.1, -0.05) is 0 Å². The van der Waals surface area contributed by atoms with E-state index in [-0.39, 0.29) is 12.0 Å². The third kappa shape index (κ3) is 2.76. The summed E-state index contributed by atoms with van der Waals surface area (Å²) in [6.45, 7) is 1.05. The number of rotatable bonds is 3. The van der Waals surface area contributed by atoms with Gasteiger partial charge in [-0.2, -0.15) is 5.10 Å². The van der Waals surface area contributed by atoms with E-state index in [2.05, 4.69) is 20.5 Å². The van der Waals surface area contributed by atoms with E-state index >= 15 is 0 Å². The minimum Gasteiger partial charge on any atom is -0.368 e. The molecule has 0 aliphatic carbocycles. The van der Waals surface area contributed by atoms with Gasteiger partial charge in [0.25, 0.3) is 0 Å². The molecule has 0 saturated carbocycles. The summed E-state index contributed by atoms with van der Waals surface area (Å²) >= 11 is 0. The molecule has 2 rings (SSSR count). The zero-order valence-corrected chi connectivity index (χ0v) is 8.40. The van der Waals surface area contributed by atoms with Crippen LogP contribution >= 0.6 is 0 Å². The van der Waals surface area contributed by atoms with E-state index in [1.807, 2.05) is 0 Å². The lowest BCUT2D eigenvalue weighted by molar-refractivity contribution is -0.135. The monoisotopic (exact) mass is 210 g/mol. The normalized spacial score (nSPS) is 21.2. The third-order valence-electron chi connectivity index (χ3n) is 2.37. The Hall–Kier alpha value is -1.43. The second-order valence-electron chi connectivity index (χ2n) is 3.51. The first kappa shape index (κ1) is 10.1. The van der Waals surface area contributed by atoms with Crippen LogP contribution in [0.4, 0.5) is 0 Å². The molecule has 2 heterocycles. The largest absolute Gasteiger partial charge is 0.368 e. The molecule has 82 valence electrons. The van der Waals surface area contributed by atoms with Crippen LogP contribution in [0.25, 0.3) is 0 Å². The van der Waals surface area contributed by atoms with Crippen LogP contribution in [0, 0.1) is 0 Å². The van der Waals surface area contributed by atoms with Crippen LogP contribution in [-0.4, -0.2) is 33.8 Å². The van der Waals surface area contributed by atoms with Crippen molar-refractivity contribution in [3.8, 4) is 0 Å². The van der Waals surface area contributed by atoms with Crippen LogP contribution in [0.3, 0.4) is 0 Å². The number of carbonyl (C=O) groups is 1. The molecular weight excluding hydrogens is 196 g/mol. The van der Waals surface area contributed by atoms with Crippen LogP contribution in [0.5, 0.6) is 0 Å². The topological polar surface area (TPSA) is 79.9 Å². The fraction of sp³-hybridized carbons (Fsp3) is 0.667. The number of hydrogen-bond acceptors (Lipinski definition) is 4. The Balaban J connectivity index is 1.76. The van der Waals surface area contributed by atoms with E-state index in [9.17, 15) is 4.79 Å². The SMILES string of the molecule is O=C(NCc1ncn[nH]1)C1CCCCO1. The molecule has 0 bridgehead atoms. The molecular formula is C9H14N4O2. The average molecular weight is 210 g/mol. The Bertz CT molecular complexity index is 306. The van der Waals surface area contributed by atoms with E-state index in [1.54, 1.807) is 0 Å². The number of ether oxygens (including phenoxy) is 1. The third-order valence-corrected chi connectivity index (χ3v) is 2.37. The van der Waals surface area contributed by atoms with E-state index < -0.39 is 0 Å². The van der Waals surface area contributed by atoms with Crippen molar-refractivity contribution in [3.05, 3.63) is 12.2 Å². The molecule has 1 fully saturated rings. The fourth-order valence-corrected chi connectivity index (χ4v) is 1.55. The maximum absolute atomic E-state index is 11.6. The molecule has 6 heteroatoms. The van der Waals surface area contributed by atoms with Crippen molar-refractivity contribution in [2.75, 3.05) is 6.61 Å². The van der Waals surface area contributed by atoms with Crippen molar-refractivity contribution in [1.82, 2.24) is 20.5 Å². The summed E-state index contributed by atoms with van der Waals surface area (Å²) in [4.78, 5) is 15.5. The van der Waals surface area contributed by atoms with Gasteiger partial charge >= 0.3 is 0 Å². The lowest BCUT2D eigenvalue weighted by atomic mass is 10.1. The summed E-state index contributed by atoms with van der Waals surface area (Å²) in [6, 6.07) is 0. The highest BCUT2D eigenvalue weighted by Crippen LogP contribution is 2.12. The van der Waals surface area contributed by atoms with E-state index in [0.717, 1.165) is 19.3 Å². The summed E-state index contributed by atoms with van der Waals surface area (Å²) in [5.41, 5.74) is 0. The Morgan fingerprint density at radius 1 is 1.67 bits per heavy atom. The zero-order chi connectivity index (χ0) is 10.5. The lowest BCUT2D eigenvalue weighted by Gasteiger charge is -2.21. The molecule has 1 atom stereocenters. The van der Waals surface area contributed by atoms with Gasteiger partial charge in [0.1, 0.15) is 18.3 Å². The predicted molar refractivity (Wildman–Crippen MR) is 51.8 cm³/mol. The highest BCUT2D eigenvalue weighted by atomic mass is 16.5. The molecule has 1 aromatic rings. The second kappa shape index (κ2) is 4.88. The maximum Gasteiger partial charge on any atom is 0.249 e. The van der Waals surface area contributed by atoms with Gasteiger partial charge in [0.15, 0.2) is 0 Å². The molecule has 0 aromatic carbocycles. The summed E-state index contributed by atoms with van der Waals surface area (Å²) < 4.78 is 5.35. The molecule has 1 saturated heterocycles. The summed E-state index contributed by atoms with van der Waals surface area (Å²) in [5.74, 6) is 0.588. The predicted octanol–water partition coefficient (Wildman–Crippen LogP) is -0.0100. The van der Waals surface area contributed by atoms with Crippen molar-refractivity contribution in [3.63, 3.8) is 0 Å². The number of H-pyrrole nitrogens is 1. The number of nitrogens with one attached hydrogen (secondary N) is 2. The molecule has 1 aliphatic heterocycles. The Morgan fingerprint density at radius 2 is 2.60 bits per heavy atom. The van der Waals surface area contributed by atoms with Gasteiger partial charge in [-0.25, -0.2) is 4.98 Å². The van der Waals surface area contributed by atoms with Crippen molar-refractivity contribution >= 4 is 5.91 Å². The highest BCUT2D eigenvalue weighted by Gasteiger charge is 2.21. The van der Waals surface area contributed by atoms with Gasteiger partial charge in [-0.05, 0) is 19.3 Å². The first-order chi connectivity index (χ1) is 7.36. The molecule has 1 aromatic heterocycles. The molecule has 0 spiro atoms. The van der Waals surface area contributed by atoms with E-state index in [4.69, 9.17) is 4.74 Å². The summed E-state index contributed by atoms with van der Waals surface area (Å²) in [6.07, 6.45) is 4.04. The molecule has 1 unspecified atom stereocenters. The van der Waals surface area contributed by atoms with Crippen LogP contribution in [0.2, 0.25) is 0 Å². The quantitative estimate of drug-likeness (QED) is 0.735. The fourth-order valence-electron chi connectivity index (χ4n) is 1.55. The highest BCUT2D eigenvalue weighted by molar-refractivity contribution is 5.80. The van der Waals surface area contributed by atoms with Crippen LogP contribution in [0.15, 0.2) is 6.33 Å². The number of carbonyl (C=O) groups excluding carboxylic acids is 1. The van der Waals surface area contributed by atoms with Gasteiger partial charge in [0.05, 0.1) is 6.54 Å². The average Bonchev–Trinajstić information content (AvgIpc) is 2.80. The van der Waals surface area contributed by atoms with Gasteiger partial charge in [-0.3, -0.25) is 9.89 Å². The Morgan fingerprint density at radius 3 is 3.27 bits per heavy atom. The molecule has 6 nitrogen and oxygen atoms in total. The standard InChI is InChI=1S/C9H14N4O2/c14-9(7-3-1-2-4-15-7)10-5-8-11-6-12-13-8/h6-7H,1-5H2,(H,10,14)(H,11,12,13). The number of nitrogens with zero attached hydrogens (tertiary/aromatic N) is 2. The minimum atomic E-state index is -0.290. The van der Waals surface area contributed by atoms with E-state index in [1.165, 1.54) is 6.33 Å². The Kier molecular flexibility index (Phi) is 3.29. The smallest absolute Gasteiger partial charge is 0.249 e. The molecule has 2 N–H and O–H groups in total. The second-order valence-corrected chi connectivity index (χ2v) is 3.51. The summed E-state index contributed by atoms with van der Waals surface area (Å²) in [5, 5.41) is 9.13. The van der Waals surface area contributed by atoms with Gasteiger partial charge < -0.3 is 10.1 Å². The van der Waals surface area contributed by atoms with Crippen LogP contribution in [-0.2, 0) is 16.1 Å². The van der Waals surface area contributed by atoms with Crippen LogP contribution < -0.4 is 5.32 Å². The molecule has 1 amide bonds. The van der Waals surface area contributed by atoms with E-state index in [0.29, 0.717) is 19.0 Å². The first-order valence-corrected chi connectivity index (χ1v) is 5.10. The van der Waals surface area contributed by atoms with Gasteiger partial charge in [0, 0.05) is 6.61 Å². The van der Waals surface area contributed by atoms with Crippen molar-refractivity contribution in [2.24, 2.45) is 0 Å².